The summed E-state index contributed by atoms with van der Waals surface area (Å²) in [5.41, 5.74) is 16.3. The van der Waals surface area contributed by atoms with Crippen LogP contribution in [0.4, 0.5) is 0 Å². The van der Waals surface area contributed by atoms with Crippen molar-refractivity contribution >= 4 is 46.3 Å². The van der Waals surface area contributed by atoms with Gasteiger partial charge in [-0.1, -0.05) is 0 Å². The summed E-state index contributed by atoms with van der Waals surface area (Å²) in [6, 6.07) is 11.5. The maximum absolute atomic E-state index is 7.78. The van der Waals surface area contributed by atoms with Gasteiger partial charge in [0.25, 0.3) is 0 Å². The quantitative estimate of drug-likeness (QED) is 0.201. The zero-order valence-electron chi connectivity index (χ0n) is 32.2. The number of para-hydroxylation sites is 1. The van der Waals surface area contributed by atoms with Crippen LogP contribution in [0.3, 0.4) is 0 Å². The summed E-state index contributed by atoms with van der Waals surface area (Å²) >= 11 is 0. The molecule has 1 nitrogen and oxygen atoms in total. The number of benzene rings is 3. The first kappa shape index (κ1) is 37.4. The van der Waals surface area contributed by atoms with Crippen molar-refractivity contribution in [2.45, 2.75) is 139 Å². The van der Waals surface area contributed by atoms with Crippen molar-refractivity contribution in [3.8, 4) is 5.75 Å². The molecule has 0 amide bonds. The molecule has 3 rings (SSSR count). The summed E-state index contributed by atoms with van der Waals surface area (Å²) in [5, 5.41) is 2.01. The fourth-order valence-electron chi connectivity index (χ4n) is 7.91. The van der Waals surface area contributed by atoms with E-state index >= 15 is 0 Å². The van der Waals surface area contributed by atoms with Gasteiger partial charge in [-0.2, -0.15) is 0 Å². The molecule has 0 aliphatic heterocycles. The van der Waals surface area contributed by atoms with Crippen LogP contribution in [0.15, 0.2) is 30.3 Å². The Morgan fingerprint density at radius 1 is 0.622 bits per heavy atom. The molecule has 45 heavy (non-hydrogen) atoms. The topological polar surface area (TPSA) is 9.23 Å². The van der Waals surface area contributed by atoms with Gasteiger partial charge >= 0.3 is 282 Å². The number of hydrogen-bond donors (Lipinski definition) is 0. The maximum atomic E-state index is 7.78. The van der Waals surface area contributed by atoms with Crippen LogP contribution in [0.2, 0.25) is 44.4 Å². The van der Waals surface area contributed by atoms with Crippen molar-refractivity contribution in [3.05, 3.63) is 86.0 Å². The summed E-state index contributed by atoms with van der Waals surface area (Å²) in [5.74, 6) is 1.82. The zero-order chi connectivity index (χ0) is 34.3. The second-order valence-corrected chi connectivity index (χ2v) is 27.9. The molecule has 0 unspecified atom stereocenters. The van der Waals surface area contributed by atoms with Crippen molar-refractivity contribution in [1.82, 2.24) is 0 Å². The molecule has 0 spiro atoms. The van der Waals surface area contributed by atoms with Crippen LogP contribution in [-0.4, -0.2) is 35.3 Å². The van der Waals surface area contributed by atoms with Gasteiger partial charge in [-0.25, -0.2) is 0 Å². The molecule has 0 bridgehead atoms. The molecular weight excluding hydrogens is 574 g/mol. The van der Waals surface area contributed by atoms with Gasteiger partial charge in [0, 0.05) is 0 Å². The monoisotopic (exact) mass is 636 g/mol. The molecule has 0 N–H and O–H groups in total. The van der Waals surface area contributed by atoms with Gasteiger partial charge in [0.15, 0.2) is 0 Å². The van der Waals surface area contributed by atoms with Crippen LogP contribution in [0.25, 0.3) is 0 Å². The van der Waals surface area contributed by atoms with E-state index in [4.69, 9.17) is 4.65 Å². The van der Waals surface area contributed by atoms with E-state index in [-0.39, 0.29) is 6.92 Å². The molecule has 0 fully saturated rings. The Labute approximate surface area is 281 Å². The van der Waals surface area contributed by atoms with Gasteiger partial charge in [0.2, 0.25) is 0 Å². The molecule has 3 aromatic carbocycles. The van der Waals surface area contributed by atoms with Crippen molar-refractivity contribution in [2.75, 3.05) is 0 Å². The molecule has 0 aliphatic carbocycles. The van der Waals surface area contributed by atoms with Crippen molar-refractivity contribution < 1.29 is 4.65 Å². The molecule has 0 radical (unpaired) electrons. The van der Waals surface area contributed by atoms with Crippen LogP contribution in [0, 0.1) is 55.4 Å². The van der Waals surface area contributed by atoms with Gasteiger partial charge in [-0.05, 0) is 0 Å². The minimum absolute atomic E-state index is 0.177. The summed E-state index contributed by atoms with van der Waals surface area (Å²) < 4.78 is 7.78. The normalized spacial score (nSPS) is 12.8. The summed E-state index contributed by atoms with van der Waals surface area (Å²) in [6.45, 7) is 45.6. The Balaban J connectivity index is 2.66. The predicted molar refractivity (Wildman–Crippen MR) is 212 cm³/mol. The first-order valence-corrected chi connectivity index (χ1v) is 24.4. The molecule has 0 saturated heterocycles. The Hall–Kier alpha value is -2.11. The first-order chi connectivity index (χ1) is 20.6. The third kappa shape index (κ3) is 7.90. The van der Waals surface area contributed by atoms with E-state index < -0.39 is 16.1 Å². The van der Waals surface area contributed by atoms with Gasteiger partial charge in [0.05, 0.1) is 0 Å². The van der Waals surface area contributed by atoms with E-state index in [2.05, 4.69) is 160 Å². The molecule has 5 heteroatoms. The first-order valence-electron chi connectivity index (χ1n) is 17.2. The van der Waals surface area contributed by atoms with Crippen molar-refractivity contribution in [1.29, 1.82) is 0 Å². The average molecular weight is 637 g/mol. The molecular formula is C40H62B2OSi2. The van der Waals surface area contributed by atoms with E-state index in [1.807, 2.05) is 0 Å². The fourth-order valence-corrected chi connectivity index (χ4v) is 20.8. The fraction of sp³-hybridized carbons (Fsp3) is 0.525. The minimum atomic E-state index is -1.73. The Morgan fingerprint density at radius 3 is 1.36 bits per heavy atom. The average Bonchev–Trinajstić information content (AvgIpc) is 2.90. The standard InChI is InChI=1S/C40H62B2OSi2/c1-24(2)34-20-19-21-35(25(3)4)38(34)43-42(37-32(11)28(7)23-29(8)33(37)12)39(40(44(13,14)15)45(16,17)18)41-36-30(9)26(5)22-27(6)31(36)10/h19-25,40H,1-18H3. The van der Waals surface area contributed by atoms with Crippen molar-refractivity contribution in [2.24, 2.45) is 0 Å². The second-order valence-electron chi connectivity index (χ2n) is 16.7. The molecule has 0 heterocycles. The summed E-state index contributed by atoms with van der Waals surface area (Å²) in [7, 11) is -3.47. The van der Waals surface area contributed by atoms with E-state index in [0.29, 0.717) is 17.0 Å². The second kappa shape index (κ2) is 13.9. The van der Waals surface area contributed by atoms with Crippen LogP contribution < -0.4 is 15.6 Å². The van der Waals surface area contributed by atoms with E-state index in [1.165, 1.54) is 71.9 Å². The Bertz CT molecular complexity index is 1490. The summed E-state index contributed by atoms with van der Waals surface area (Å²) in [6.07, 6.45) is 0. The van der Waals surface area contributed by atoms with Gasteiger partial charge in [0.1, 0.15) is 0 Å². The molecule has 0 atom stereocenters. The van der Waals surface area contributed by atoms with E-state index in [0.717, 1.165) is 5.75 Å². The summed E-state index contributed by atoms with van der Waals surface area (Å²) in [4.78, 5) is 0. The van der Waals surface area contributed by atoms with Crippen molar-refractivity contribution in [3.63, 3.8) is 0 Å². The van der Waals surface area contributed by atoms with Crippen LogP contribution in [0.5, 0.6) is 5.75 Å². The van der Waals surface area contributed by atoms with Gasteiger partial charge in [-0.15, -0.1) is 0 Å². The molecule has 242 valence electrons. The van der Waals surface area contributed by atoms with E-state index in [1.54, 1.807) is 0 Å². The Morgan fingerprint density at radius 2 is 1.00 bits per heavy atom. The predicted octanol–water partition coefficient (Wildman–Crippen LogP) is 10.0. The van der Waals surface area contributed by atoms with Gasteiger partial charge < -0.3 is 0 Å². The number of rotatable bonds is 10. The molecule has 0 aromatic heterocycles. The Kier molecular flexibility index (Phi) is 11.6. The van der Waals surface area contributed by atoms with Crippen LogP contribution >= 0.6 is 0 Å². The number of hydrogen-bond acceptors (Lipinski definition) is 1. The zero-order valence-corrected chi connectivity index (χ0v) is 34.2. The third-order valence-electron chi connectivity index (χ3n) is 10.3. The molecule has 3 aromatic rings. The van der Waals surface area contributed by atoms with Crippen LogP contribution in [0.1, 0.15) is 95.2 Å². The third-order valence-corrected chi connectivity index (χ3v) is 19.7. The molecule has 0 saturated carbocycles. The SMILES string of the molecule is Cc1cc(C)c(C)c(B=C(B(Oc2c(C(C)C)cccc2C(C)C)c2c(C)c(C)cc(C)c2C)C([Si](C)(C)C)[Si](C)(C)C)c1C. The van der Waals surface area contributed by atoms with Gasteiger partial charge in [-0.3, -0.25) is 0 Å². The van der Waals surface area contributed by atoms with Crippen LogP contribution in [-0.2, 0) is 0 Å². The number of aryl methyl sites for hydroxylation is 4. The van der Waals surface area contributed by atoms with E-state index in [9.17, 15) is 0 Å². The molecule has 0 aliphatic rings.